The van der Waals surface area contributed by atoms with Gasteiger partial charge in [0.1, 0.15) is 0 Å². The summed E-state index contributed by atoms with van der Waals surface area (Å²) in [5, 5.41) is 4.91. The third kappa shape index (κ3) is 6.41. The van der Waals surface area contributed by atoms with Crippen LogP contribution in [0.5, 0.6) is 0 Å². The molecule has 2 nitrogen and oxygen atoms in total. The predicted octanol–water partition coefficient (Wildman–Crippen LogP) is 16.1. The number of anilines is 3. The SMILES string of the molecule is c1ccc(-c2cccc(-c3ccc(N(c4ccc(-c5ccc6c(c5)c5ccccc5n6-c5cccc(-c6ccccc6)c5)cc4)c4cccc5ccccc45)cc3)c2)cc1. The average Bonchev–Trinajstić information content (AvgIpc) is 3.66. The Labute approximate surface area is 350 Å². The molecule has 0 spiro atoms. The molecule has 1 aromatic heterocycles. The molecule has 0 saturated carbocycles. The van der Waals surface area contributed by atoms with Crippen LogP contribution in [0.1, 0.15) is 0 Å². The Balaban J connectivity index is 0.971. The second-order valence-corrected chi connectivity index (χ2v) is 15.4. The maximum atomic E-state index is 2.40. The minimum absolute atomic E-state index is 1.10. The Morgan fingerprint density at radius 3 is 1.38 bits per heavy atom. The normalized spacial score (nSPS) is 11.3. The van der Waals surface area contributed by atoms with Crippen molar-refractivity contribution in [2.24, 2.45) is 0 Å². The molecule has 0 aliphatic heterocycles. The molecule has 0 amide bonds. The van der Waals surface area contributed by atoms with Crippen LogP contribution < -0.4 is 4.90 Å². The van der Waals surface area contributed by atoms with Crippen LogP contribution in [0.25, 0.3) is 82.8 Å². The highest BCUT2D eigenvalue weighted by Crippen LogP contribution is 2.41. The summed E-state index contributed by atoms with van der Waals surface area (Å²) in [6, 6.07) is 87.8. The van der Waals surface area contributed by atoms with E-state index >= 15 is 0 Å². The van der Waals surface area contributed by atoms with Crippen LogP contribution in [0.2, 0.25) is 0 Å². The number of benzene rings is 10. The van der Waals surface area contributed by atoms with Crippen LogP contribution in [0.4, 0.5) is 17.1 Å². The molecular formula is C58H40N2. The van der Waals surface area contributed by atoms with Crippen LogP contribution in [0.15, 0.2) is 243 Å². The fourth-order valence-corrected chi connectivity index (χ4v) is 8.83. The highest BCUT2D eigenvalue weighted by molar-refractivity contribution is 6.10. The highest BCUT2D eigenvalue weighted by atomic mass is 15.1. The van der Waals surface area contributed by atoms with Crippen LogP contribution in [-0.2, 0) is 0 Å². The van der Waals surface area contributed by atoms with Crippen LogP contribution >= 0.6 is 0 Å². The summed E-state index contributed by atoms with van der Waals surface area (Å²) in [4.78, 5) is 2.39. The van der Waals surface area contributed by atoms with Gasteiger partial charge in [-0.15, -0.1) is 0 Å². The summed E-state index contributed by atoms with van der Waals surface area (Å²) in [7, 11) is 0. The van der Waals surface area contributed by atoms with Gasteiger partial charge in [0, 0.05) is 33.2 Å². The van der Waals surface area contributed by atoms with Crippen molar-refractivity contribution in [3.63, 3.8) is 0 Å². The van der Waals surface area contributed by atoms with Crippen molar-refractivity contribution in [1.82, 2.24) is 4.57 Å². The zero-order valence-corrected chi connectivity index (χ0v) is 33.0. The molecular weight excluding hydrogens is 725 g/mol. The van der Waals surface area contributed by atoms with E-state index in [1.165, 1.54) is 77.1 Å². The first-order valence-corrected chi connectivity index (χ1v) is 20.6. The van der Waals surface area contributed by atoms with E-state index in [2.05, 4.69) is 252 Å². The molecule has 0 aliphatic rings. The van der Waals surface area contributed by atoms with Gasteiger partial charge < -0.3 is 9.47 Å². The van der Waals surface area contributed by atoms with Crippen molar-refractivity contribution in [1.29, 1.82) is 0 Å². The summed E-state index contributed by atoms with van der Waals surface area (Å²) in [6.45, 7) is 0. The predicted molar refractivity (Wildman–Crippen MR) is 255 cm³/mol. The zero-order valence-electron chi connectivity index (χ0n) is 33.0. The third-order valence-electron chi connectivity index (χ3n) is 11.8. The summed E-state index contributed by atoms with van der Waals surface area (Å²) in [6.07, 6.45) is 0. The molecule has 11 aromatic rings. The third-order valence-corrected chi connectivity index (χ3v) is 11.8. The molecule has 10 aromatic carbocycles. The van der Waals surface area contributed by atoms with E-state index in [0.717, 1.165) is 22.7 Å². The lowest BCUT2D eigenvalue weighted by atomic mass is 9.98. The summed E-state index contributed by atoms with van der Waals surface area (Å²) >= 11 is 0. The van der Waals surface area contributed by atoms with E-state index in [-0.39, 0.29) is 0 Å². The van der Waals surface area contributed by atoms with E-state index in [4.69, 9.17) is 0 Å². The highest BCUT2D eigenvalue weighted by Gasteiger charge is 2.18. The van der Waals surface area contributed by atoms with Crippen LogP contribution in [-0.4, -0.2) is 4.57 Å². The number of hydrogen-bond acceptors (Lipinski definition) is 1. The van der Waals surface area contributed by atoms with Crippen molar-refractivity contribution in [3.05, 3.63) is 243 Å². The van der Waals surface area contributed by atoms with Gasteiger partial charge in [-0.3, -0.25) is 0 Å². The van der Waals surface area contributed by atoms with E-state index in [0.29, 0.717) is 0 Å². The smallest absolute Gasteiger partial charge is 0.0541 e. The fourth-order valence-electron chi connectivity index (χ4n) is 8.83. The number of fused-ring (bicyclic) bond motifs is 4. The molecule has 0 aliphatic carbocycles. The lowest BCUT2D eigenvalue weighted by molar-refractivity contribution is 1.18. The van der Waals surface area contributed by atoms with Gasteiger partial charge in [0.05, 0.1) is 16.7 Å². The second kappa shape index (κ2) is 15.1. The Hall–Kier alpha value is -7.94. The van der Waals surface area contributed by atoms with Gasteiger partial charge in [-0.05, 0) is 117 Å². The summed E-state index contributed by atoms with van der Waals surface area (Å²) in [5.74, 6) is 0. The van der Waals surface area contributed by atoms with Gasteiger partial charge in [0.25, 0.3) is 0 Å². The second-order valence-electron chi connectivity index (χ2n) is 15.4. The largest absolute Gasteiger partial charge is 0.310 e. The molecule has 0 unspecified atom stereocenters. The quantitative estimate of drug-likeness (QED) is 0.150. The average molecular weight is 765 g/mol. The van der Waals surface area contributed by atoms with E-state index < -0.39 is 0 Å². The Kier molecular flexibility index (Phi) is 8.87. The van der Waals surface area contributed by atoms with Crippen molar-refractivity contribution in [2.45, 2.75) is 0 Å². The van der Waals surface area contributed by atoms with Gasteiger partial charge in [-0.25, -0.2) is 0 Å². The minimum atomic E-state index is 1.10. The zero-order chi connectivity index (χ0) is 39.8. The standard InChI is InChI=1S/C58H40N2/c1-3-14-41(15-4-1)46-20-11-21-47(38-46)43-28-33-50(34-29-43)59(56-27-13-19-45-18-7-8-24-53(45)56)51-35-30-44(31-36-51)49-32-37-58-55(40-49)54-25-9-10-26-57(54)60(58)52-23-12-22-48(39-52)42-16-5-2-6-17-42/h1-40H. The monoisotopic (exact) mass is 764 g/mol. The van der Waals surface area contributed by atoms with E-state index in [9.17, 15) is 0 Å². The number of rotatable bonds is 8. The van der Waals surface area contributed by atoms with E-state index in [1.807, 2.05) is 0 Å². The lowest BCUT2D eigenvalue weighted by Gasteiger charge is -2.27. The van der Waals surface area contributed by atoms with Crippen LogP contribution in [0, 0.1) is 0 Å². The molecule has 0 fully saturated rings. The first kappa shape index (κ1) is 35.2. The Morgan fingerprint density at radius 2 is 0.717 bits per heavy atom. The molecule has 0 saturated heterocycles. The number of nitrogens with zero attached hydrogens (tertiary/aromatic N) is 2. The first-order chi connectivity index (χ1) is 29.7. The molecule has 0 bridgehead atoms. The van der Waals surface area contributed by atoms with Gasteiger partial charge in [0.15, 0.2) is 0 Å². The first-order valence-electron chi connectivity index (χ1n) is 20.6. The van der Waals surface area contributed by atoms with Gasteiger partial charge >= 0.3 is 0 Å². The molecule has 1 heterocycles. The molecule has 11 rings (SSSR count). The maximum Gasteiger partial charge on any atom is 0.0541 e. The van der Waals surface area contributed by atoms with Crippen LogP contribution in [0.3, 0.4) is 0 Å². The van der Waals surface area contributed by atoms with Crippen molar-refractivity contribution >= 4 is 49.6 Å². The molecule has 2 heteroatoms. The molecule has 60 heavy (non-hydrogen) atoms. The van der Waals surface area contributed by atoms with Crippen molar-refractivity contribution in [3.8, 4) is 50.2 Å². The number of hydrogen-bond donors (Lipinski definition) is 0. The molecule has 0 atom stereocenters. The minimum Gasteiger partial charge on any atom is -0.310 e. The molecule has 0 N–H and O–H groups in total. The Morgan fingerprint density at radius 1 is 0.267 bits per heavy atom. The number of para-hydroxylation sites is 1. The molecule has 0 radical (unpaired) electrons. The summed E-state index contributed by atoms with van der Waals surface area (Å²) in [5.41, 5.74) is 16.5. The lowest BCUT2D eigenvalue weighted by Crippen LogP contribution is -2.10. The van der Waals surface area contributed by atoms with Gasteiger partial charge in [-0.2, -0.15) is 0 Å². The van der Waals surface area contributed by atoms with E-state index in [1.54, 1.807) is 0 Å². The number of aromatic nitrogens is 1. The summed E-state index contributed by atoms with van der Waals surface area (Å²) < 4.78 is 2.40. The van der Waals surface area contributed by atoms with Gasteiger partial charge in [0.2, 0.25) is 0 Å². The van der Waals surface area contributed by atoms with Crippen molar-refractivity contribution in [2.75, 3.05) is 4.90 Å². The molecule has 282 valence electrons. The fraction of sp³-hybridized carbons (Fsp3) is 0. The van der Waals surface area contributed by atoms with Gasteiger partial charge in [-0.1, -0.05) is 176 Å². The maximum absolute atomic E-state index is 2.40. The Bertz CT molecular complexity index is 3280. The van der Waals surface area contributed by atoms with Crippen molar-refractivity contribution < 1.29 is 0 Å². The topological polar surface area (TPSA) is 8.17 Å².